The van der Waals surface area contributed by atoms with Crippen LogP contribution in [0.4, 0.5) is 4.79 Å². The van der Waals surface area contributed by atoms with E-state index < -0.39 is 0 Å². The Morgan fingerprint density at radius 3 is 2.52 bits per heavy atom. The van der Waals surface area contributed by atoms with Crippen LogP contribution in [0.25, 0.3) is 0 Å². The molecule has 1 aromatic carbocycles. The quantitative estimate of drug-likeness (QED) is 0.897. The van der Waals surface area contributed by atoms with Crippen LogP contribution in [0.15, 0.2) is 41.6 Å². The van der Waals surface area contributed by atoms with Crippen molar-refractivity contribution >= 4 is 11.9 Å². The molecule has 108 valence electrons. The minimum atomic E-state index is -0.332. The van der Waals surface area contributed by atoms with Gasteiger partial charge in [-0.2, -0.15) is 0 Å². The third kappa shape index (κ3) is 1.84. The number of urea groups is 1. The van der Waals surface area contributed by atoms with Crippen LogP contribution in [-0.2, 0) is 4.79 Å². The Morgan fingerprint density at radius 2 is 1.86 bits per heavy atom. The number of benzene rings is 1. The van der Waals surface area contributed by atoms with Crippen molar-refractivity contribution in [1.82, 2.24) is 15.1 Å². The largest absolute Gasteiger partial charge is 0.330 e. The Balaban J connectivity index is 1.77. The van der Waals surface area contributed by atoms with Crippen LogP contribution in [-0.4, -0.2) is 41.4 Å². The van der Waals surface area contributed by atoms with Crippen molar-refractivity contribution in [2.75, 3.05) is 13.6 Å². The van der Waals surface area contributed by atoms with E-state index in [1.54, 1.807) is 11.9 Å². The predicted octanol–water partition coefficient (Wildman–Crippen LogP) is 1.64. The van der Waals surface area contributed by atoms with Gasteiger partial charge in [0, 0.05) is 13.1 Å². The SMILES string of the molecule is CN1C(=O)N[C@H](c2ccccc2)C2=C1CN(C1CC1)C2=O. The zero-order valence-corrected chi connectivity index (χ0v) is 11.9. The zero-order chi connectivity index (χ0) is 14.6. The fourth-order valence-corrected chi connectivity index (χ4v) is 3.16. The zero-order valence-electron chi connectivity index (χ0n) is 11.9. The molecule has 3 amide bonds. The Kier molecular flexibility index (Phi) is 2.58. The number of hydrogen-bond acceptors (Lipinski definition) is 2. The number of likely N-dealkylation sites (N-methyl/N-ethyl adjacent to an activating group) is 1. The molecular weight excluding hydrogens is 266 g/mol. The number of nitrogens with zero attached hydrogens (tertiary/aromatic N) is 2. The molecule has 1 fully saturated rings. The lowest BCUT2D eigenvalue weighted by Crippen LogP contribution is -2.45. The Bertz CT molecular complexity index is 649. The van der Waals surface area contributed by atoms with Crippen molar-refractivity contribution in [3.63, 3.8) is 0 Å². The van der Waals surface area contributed by atoms with E-state index in [1.165, 1.54) is 0 Å². The molecule has 4 rings (SSSR count). The Labute approximate surface area is 123 Å². The molecule has 1 aromatic rings. The molecule has 1 aliphatic carbocycles. The molecule has 0 spiro atoms. The molecule has 1 saturated carbocycles. The van der Waals surface area contributed by atoms with Crippen LogP contribution in [0, 0.1) is 0 Å². The maximum atomic E-state index is 12.7. The van der Waals surface area contributed by atoms with Gasteiger partial charge >= 0.3 is 6.03 Å². The summed E-state index contributed by atoms with van der Waals surface area (Å²) in [5.41, 5.74) is 2.54. The third-order valence-electron chi connectivity index (χ3n) is 4.51. The first kappa shape index (κ1) is 12.4. The minimum Gasteiger partial charge on any atom is -0.330 e. The highest BCUT2D eigenvalue weighted by Gasteiger charge is 2.46. The van der Waals surface area contributed by atoms with Gasteiger partial charge in [0.15, 0.2) is 0 Å². The standard InChI is InChI=1S/C16H17N3O2/c1-18-12-9-19(11-7-8-11)15(20)13(12)14(17-16(18)21)10-5-3-2-4-6-10/h2-6,11,14H,7-9H2,1H3,(H,17,21)/t14-/m1/s1. The molecule has 5 heteroatoms. The van der Waals surface area contributed by atoms with E-state index in [-0.39, 0.29) is 18.0 Å². The van der Waals surface area contributed by atoms with Gasteiger partial charge in [0.1, 0.15) is 0 Å². The summed E-state index contributed by atoms with van der Waals surface area (Å²) in [4.78, 5) is 28.4. The molecule has 1 atom stereocenters. The first-order valence-electron chi connectivity index (χ1n) is 7.30. The number of rotatable bonds is 2. The van der Waals surface area contributed by atoms with Gasteiger partial charge in [-0.05, 0) is 18.4 Å². The van der Waals surface area contributed by atoms with Gasteiger partial charge in [-0.15, -0.1) is 0 Å². The number of hydrogen-bond donors (Lipinski definition) is 1. The number of carbonyl (C=O) groups excluding carboxylic acids is 2. The lowest BCUT2D eigenvalue weighted by molar-refractivity contribution is -0.126. The van der Waals surface area contributed by atoms with E-state index in [0.717, 1.165) is 29.7 Å². The Morgan fingerprint density at radius 1 is 1.14 bits per heavy atom. The minimum absolute atomic E-state index is 0.0770. The first-order valence-corrected chi connectivity index (χ1v) is 7.30. The van der Waals surface area contributed by atoms with Gasteiger partial charge in [-0.1, -0.05) is 30.3 Å². The molecule has 3 aliphatic rings. The summed E-state index contributed by atoms with van der Waals surface area (Å²) >= 11 is 0. The van der Waals surface area contributed by atoms with E-state index in [0.29, 0.717) is 12.6 Å². The summed E-state index contributed by atoms with van der Waals surface area (Å²) in [6, 6.07) is 9.58. The molecule has 0 bridgehead atoms. The van der Waals surface area contributed by atoms with E-state index in [1.807, 2.05) is 35.2 Å². The Hall–Kier alpha value is -2.30. The third-order valence-corrected chi connectivity index (χ3v) is 4.51. The highest BCUT2D eigenvalue weighted by atomic mass is 16.2. The molecule has 2 heterocycles. The van der Waals surface area contributed by atoms with Crippen LogP contribution in [0.5, 0.6) is 0 Å². The maximum absolute atomic E-state index is 12.7. The van der Waals surface area contributed by atoms with Crippen molar-refractivity contribution in [2.45, 2.75) is 24.9 Å². The number of carbonyl (C=O) groups is 2. The van der Waals surface area contributed by atoms with E-state index in [2.05, 4.69) is 5.32 Å². The van der Waals surface area contributed by atoms with Crippen LogP contribution in [0.2, 0.25) is 0 Å². The van der Waals surface area contributed by atoms with Gasteiger partial charge in [0.05, 0.1) is 23.9 Å². The molecule has 0 saturated heterocycles. The van der Waals surface area contributed by atoms with Gasteiger partial charge in [0.25, 0.3) is 5.91 Å². The smallest absolute Gasteiger partial charge is 0.322 e. The van der Waals surface area contributed by atoms with Crippen LogP contribution >= 0.6 is 0 Å². The predicted molar refractivity (Wildman–Crippen MR) is 77.2 cm³/mol. The van der Waals surface area contributed by atoms with Crippen LogP contribution in [0.3, 0.4) is 0 Å². The first-order chi connectivity index (χ1) is 10.2. The molecular formula is C16H17N3O2. The fraction of sp³-hybridized carbons (Fsp3) is 0.375. The summed E-state index contributed by atoms with van der Waals surface area (Å²) < 4.78 is 0. The van der Waals surface area contributed by atoms with E-state index in [4.69, 9.17) is 0 Å². The van der Waals surface area contributed by atoms with E-state index >= 15 is 0 Å². The van der Waals surface area contributed by atoms with Crippen molar-refractivity contribution in [3.05, 3.63) is 47.2 Å². The number of amides is 3. The average molecular weight is 283 g/mol. The highest BCUT2D eigenvalue weighted by Crippen LogP contribution is 2.40. The molecule has 5 nitrogen and oxygen atoms in total. The molecule has 2 aliphatic heterocycles. The summed E-state index contributed by atoms with van der Waals surface area (Å²) in [6.07, 6.45) is 2.15. The molecule has 0 aromatic heterocycles. The van der Waals surface area contributed by atoms with Gasteiger partial charge in [-0.3, -0.25) is 9.69 Å². The van der Waals surface area contributed by atoms with Crippen molar-refractivity contribution in [3.8, 4) is 0 Å². The normalized spacial score (nSPS) is 25.3. The van der Waals surface area contributed by atoms with Gasteiger partial charge in [0.2, 0.25) is 0 Å². The molecule has 0 radical (unpaired) electrons. The second kappa shape index (κ2) is 4.35. The van der Waals surface area contributed by atoms with Crippen LogP contribution in [0.1, 0.15) is 24.4 Å². The second-order valence-corrected chi connectivity index (χ2v) is 5.88. The van der Waals surface area contributed by atoms with Crippen molar-refractivity contribution < 1.29 is 9.59 Å². The van der Waals surface area contributed by atoms with Crippen molar-refractivity contribution in [2.24, 2.45) is 0 Å². The summed E-state index contributed by atoms with van der Waals surface area (Å²) in [7, 11) is 1.73. The monoisotopic (exact) mass is 283 g/mol. The maximum Gasteiger partial charge on any atom is 0.322 e. The lowest BCUT2D eigenvalue weighted by atomic mass is 9.96. The van der Waals surface area contributed by atoms with Gasteiger partial charge < -0.3 is 10.2 Å². The molecule has 0 unspecified atom stereocenters. The lowest BCUT2D eigenvalue weighted by Gasteiger charge is -2.31. The average Bonchev–Trinajstić information content (AvgIpc) is 3.28. The van der Waals surface area contributed by atoms with Gasteiger partial charge in [-0.25, -0.2) is 4.79 Å². The fourth-order valence-electron chi connectivity index (χ4n) is 3.16. The van der Waals surface area contributed by atoms with Crippen LogP contribution < -0.4 is 5.32 Å². The summed E-state index contributed by atoms with van der Waals surface area (Å²) in [5, 5.41) is 2.95. The highest BCUT2D eigenvalue weighted by molar-refractivity contribution is 6.01. The molecule has 21 heavy (non-hydrogen) atoms. The number of nitrogens with one attached hydrogen (secondary N) is 1. The van der Waals surface area contributed by atoms with E-state index in [9.17, 15) is 9.59 Å². The summed E-state index contributed by atoms with van der Waals surface area (Å²) in [5.74, 6) is 0.0770. The molecule has 1 N–H and O–H groups in total. The summed E-state index contributed by atoms with van der Waals surface area (Å²) in [6.45, 7) is 0.562. The van der Waals surface area contributed by atoms with Crippen molar-refractivity contribution in [1.29, 1.82) is 0 Å². The second-order valence-electron chi connectivity index (χ2n) is 5.88. The topological polar surface area (TPSA) is 52.7 Å².